The molecule has 0 aliphatic heterocycles. The molecule has 1 aromatic heterocycles. The number of nitrogens with zero attached hydrogens (tertiary/aromatic N) is 1. The highest BCUT2D eigenvalue weighted by Gasteiger charge is 2.12. The third-order valence-electron chi connectivity index (χ3n) is 3.60. The molecular formula is C18H18N2OS. The Balaban J connectivity index is 2.04. The van der Waals surface area contributed by atoms with Gasteiger partial charge in [0.1, 0.15) is 10.8 Å². The number of ether oxygens (including phenoxy) is 1. The van der Waals surface area contributed by atoms with Gasteiger partial charge in [-0.1, -0.05) is 12.1 Å². The van der Waals surface area contributed by atoms with Crippen LogP contribution in [-0.2, 0) is 0 Å². The average Bonchev–Trinajstić information content (AvgIpc) is 2.89. The van der Waals surface area contributed by atoms with Gasteiger partial charge in [-0.3, -0.25) is 0 Å². The Kier molecular flexibility index (Phi) is 3.86. The van der Waals surface area contributed by atoms with Crippen molar-refractivity contribution in [3.8, 4) is 27.6 Å². The molecule has 2 N–H and O–H groups in total. The van der Waals surface area contributed by atoms with Crippen molar-refractivity contribution in [2.24, 2.45) is 0 Å². The molecule has 3 nitrogen and oxygen atoms in total. The van der Waals surface area contributed by atoms with Crippen LogP contribution in [0.15, 0.2) is 42.5 Å². The number of thiazole rings is 1. The van der Waals surface area contributed by atoms with Crippen LogP contribution in [0.25, 0.3) is 21.8 Å². The lowest BCUT2D eigenvalue weighted by Crippen LogP contribution is -1.89. The van der Waals surface area contributed by atoms with E-state index in [2.05, 4.69) is 19.1 Å². The Bertz CT molecular complexity index is 824. The van der Waals surface area contributed by atoms with Gasteiger partial charge in [0.15, 0.2) is 0 Å². The first-order chi connectivity index (χ1) is 10.6. The van der Waals surface area contributed by atoms with Crippen molar-refractivity contribution in [3.63, 3.8) is 0 Å². The van der Waals surface area contributed by atoms with Crippen molar-refractivity contribution in [1.29, 1.82) is 0 Å². The van der Waals surface area contributed by atoms with E-state index in [4.69, 9.17) is 15.5 Å². The zero-order valence-electron chi connectivity index (χ0n) is 12.9. The van der Waals surface area contributed by atoms with Crippen LogP contribution in [-0.4, -0.2) is 12.1 Å². The van der Waals surface area contributed by atoms with Gasteiger partial charge in [0.25, 0.3) is 0 Å². The molecule has 22 heavy (non-hydrogen) atoms. The van der Waals surface area contributed by atoms with E-state index in [1.807, 2.05) is 37.3 Å². The number of nitrogens with two attached hydrogens (primary N) is 1. The summed E-state index contributed by atoms with van der Waals surface area (Å²) in [6, 6.07) is 14.0. The molecular weight excluding hydrogens is 292 g/mol. The highest BCUT2D eigenvalue weighted by atomic mass is 32.1. The summed E-state index contributed by atoms with van der Waals surface area (Å²) in [5, 5.41) is 0.994. The van der Waals surface area contributed by atoms with Gasteiger partial charge < -0.3 is 10.5 Å². The number of aryl methyl sites for hydroxylation is 2. The SMILES string of the molecule is COc1ccc(-c2nc(-c3cccc(N)c3)sc2C)cc1C. The number of hydrogen-bond donors (Lipinski definition) is 1. The summed E-state index contributed by atoms with van der Waals surface area (Å²) in [6.45, 7) is 4.14. The monoisotopic (exact) mass is 310 g/mol. The molecule has 0 amide bonds. The predicted octanol–water partition coefficient (Wildman–Crippen LogP) is 4.68. The van der Waals surface area contributed by atoms with E-state index in [0.29, 0.717) is 0 Å². The molecule has 0 atom stereocenters. The van der Waals surface area contributed by atoms with Gasteiger partial charge in [0, 0.05) is 21.7 Å². The Labute approximate surface area is 134 Å². The summed E-state index contributed by atoms with van der Waals surface area (Å²) in [5.41, 5.74) is 10.9. The summed E-state index contributed by atoms with van der Waals surface area (Å²) in [4.78, 5) is 6.01. The van der Waals surface area contributed by atoms with E-state index in [0.717, 1.165) is 38.8 Å². The second-order valence-corrected chi connectivity index (χ2v) is 6.44. The Morgan fingerprint density at radius 1 is 1.05 bits per heavy atom. The summed E-state index contributed by atoms with van der Waals surface area (Å²) >= 11 is 1.69. The molecule has 0 saturated heterocycles. The predicted molar refractivity (Wildman–Crippen MR) is 93.4 cm³/mol. The van der Waals surface area contributed by atoms with Crippen LogP contribution in [0.2, 0.25) is 0 Å². The van der Waals surface area contributed by atoms with Crippen molar-refractivity contribution in [2.75, 3.05) is 12.8 Å². The lowest BCUT2D eigenvalue weighted by atomic mass is 10.1. The third kappa shape index (κ3) is 2.70. The first-order valence-corrected chi connectivity index (χ1v) is 7.88. The minimum atomic E-state index is 0.757. The fourth-order valence-electron chi connectivity index (χ4n) is 2.49. The quantitative estimate of drug-likeness (QED) is 0.714. The zero-order valence-corrected chi connectivity index (χ0v) is 13.7. The van der Waals surface area contributed by atoms with Gasteiger partial charge in [0.2, 0.25) is 0 Å². The van der Waals surface area contributed by atoms with Gasteiger partial charge in [-0.15, -0.1) is 11.3 Å². The van der Waals surface area contributed by atoms with E-state index in [1.54, 1.807) is 18.4 Å². The number of hydrogen-bond acceptors (Lipinski definition) is 4. The summed E-state index contributed by atoms with van der Waals surface area (Å²) in [7, 11) is 1.69. The van der Waals surface area contributed by atoms with Crippen LogP contribution in [0.5, 0.6) is 5.75 Å². The van der Waals surface area contributed by atoms with Gasteiger partial charge in [-0.05, 0) is 49.7 Å². The van der Waals surface area contributed by atoms with Crippen molar-refractivity contribution in [2.45, 2.75) is 13.8 Å². The molecule has 0 aliphatic rings. The molecule has 3 aromatic rings. The fourth-order valence-corrected chi connectivity index (χ4v) is 3.42. The van der Waals surface area contributed by atoms with Crippen LogP contribution in [0, 0.1) is 13.8 Å². The van der Waals surface area contributed by atoms with E-state index < -0.39 is 0 Å². The molecule has 2 aromatic carbocycles. The maximum Gasteiger partial charge on any atom is 0.124 e. The van der Waals surface area contributed by atoms with Crippen molar-refractivity contribution in [3.05, 3.63) is 52.9 Å². The van der Waals surface area contributed by atoms with Crippen molar-refractivity contribution >= 4 is 17.0 Å². The molecule has 1 heterocycles. The van der Waals surface area contributed by atoms with E-state index in [9.17, 15) is 0 Å². The standard InChI is InChI=1S/C18H18N2OS/c1-11-9-13(7-8-16(11)21-3)17-12(2)22-18(20-17)14-5-4-6-15(19)10-14/h4-10H,19H2,1-3H3. The molecule has 112 valence electrons. The highest BCUT2D eigenvalue weighted by Crippen LogP contribution is 2.35. The molecule has 0 aliphatic carbocycles. The molecule has 0 fully saturated rings. The van der Waals surface area contributed by atoms with Gasteiger partial charge >= 0.3 is 0 Å². The molecule has 0 bridgehead atoms. The normalized spacial score (nSPS) is 10.7. The van der Waals surface area contributed by atoms with Crippen molar-refractivity contribution < 1.29 is 4.74 Å². The molecule has 4 heteroatoms. The van der Waals surface area contributed by atoms with Crippen molar-refractivity contribution in [1.82, 2.24) is 4.98 Å². The highest BCUT2D eigenvalue weighted by molar-refractivity contribution is 7.15. The fraction of sp³-hybridized carbons (Fsp3) is 0.167. The van der Waals surface area contributed by atoms with Crippen LogP contribution in [0.3, 0.4) is 0 Å². The lowest BCUT2D eigenvalue weighted by Gasteiger charge is -2.06. The molecule has 0 unspecified atom stereocenters. The lowest BCUT2D eigenvalue weighted by molar-refractivity contribution is 0.412. The average molecular weight is 310 g/mol. The smallest absolute Gasteiger partial charge is 0.124 e. The van der Waals surface area contributed by atoms with Gasteiger partial charge in [-0.25, -0.2) is 4.98 Å². The number of rotatable bonds is 3. The summed E-state index contributed by atoms with van der Waals surface area (Å²) in [5.74, 6) is 0.896. The summed E-state index contributed by atoms with van der Waals surface area (Å²) in [6.07, 6.45) is 0. The maximum atomic E-state index is 5.87. The second-order valence-electron chi connectivity index (χ2n) is 5.23. The number of aromatic nitrogens is 1. The Hall–Kier alpha value is -2.33. The van der Waals surface area contributed by atoms with Crippen LogP contribution >= 0.6 is 11.3 Å². The van der Waals surface area contributed by atoms with Gasteiger partial charge in [0.05, 0.1) is 12.8 Å². The number of anilines is 1. The number of benzene rings is 2. The van der Waals surface area contributed by atoms with E-state index in [1.165, 1.54) is 4.88 Å². The molecule has 0 saturated carbocycles. The van der Waals surface area contributed by atoms with E-state index in [-0.39, 0.29) is 0 Å². The minimum Gasteiger partial charge on any atom is -0.496 e. The molecule has 0 radical (unpaired) electrons. The number of methoxy groups -OCH3 is 1. The van der Waals surface area contributed by atoms with Gasteiger partial charge in [-0.2, -0.15) is 0 Å². The topological polar surface area (TPSA) is 48.1 Å². The Morgan fingerprint density at radius 3 is 2.55 bits per heavy atom. The van der Waals surface area contributed by atoms with Crippen LogP contribution in [0.4, 0.5) is 5.69 Å². The summed E-state index contributed by atoms with van der Waals surface area (Å²) < 4.78 is 5.32. The Morgan fingerprint density at radius 2 is 1.86 bits per heavy atom. The molecule has 0 spiro atoms. The minimum absolute atomic E-state index is 0.757. The van der Waals surface area contributed by atoms with E-state index >= 15 is 0 Å². The number of nitrogen functional groups attached to an aromatic ring is 1. The first-order valence-electron chi connectivity index (χ1n) is 7.07. The third-order valence-corrected chi connectivity index (χ3v) is 4.62. The maximum absolute atomic E-state index is 5.87. The second kappa shape index (κ2) is 5.81. The zero-order chi connectivity index (χ0) is 15.7. The largest absolute Gasteiger partial charge is 0.496 e. The first kappa shape index (κ1) is 14.6. The van der Waals surface area contributed by atoms with Crippen LogP contribution < -0.4 is 10.5 Å². The van der Waals surface area contributed by atoms with Crippen LogP contribution in [0.1, 0.15) is 10.4 Å². The molecule has 3 rings (SSSR count).